The van der Waals surface area contributed by atoms with Crippen molar-refractivity contribution in [3.8, 4) is 23.0 Å². The van der Waals surface area contributed by atoms with Crippen LogP contribution < -0.4 is 29.6 Å². The van der Waals surface area contributed by atoms with Crippen molar-refractivity contribution in [2.24, 2.45) is 23.7 Å². The monoisotopic (exact) mass is 1020 g/mol. The quantitative estimate of drug-likeness (QED) is 0.0376. The Bertz CT molecular complexity index is 2310. The molecule has 1 unspecified atom stereocenters. The molecule has 2 aromatic carbocycles. The molecular weight excluding hydrogens is 961 g/mol. The van der Waals surface area contributed by atoms with E-state index in [-0.39, 0.29) is 79.0 Å². The van der Waals surface area contributed by atoms with E-state index in [1.165, 1.54) is 24.3 Å². The fraction of sp³-hybridized carbons (Fsp3) is 0.490. The maximum absolute atomic E-state index is 13.2. The van der Waals surface area contributed by atoms with Crippen molar-refractivity contribution in [1.82, 2.24) is 10.6 Å². The van der Waals surface area contributed by atoms with Crippen LogP contribution in [-0.2, 0) is 57.2 Å². The molecule has 2 amide bonds. The van der Waals surface area contributed by atoms with Gasteiger partial charge >= 0.3 is 59.9 Å². The summed E-state index contributed by atoms with van der Waals surface area (Å²) in [5.74, 6) is -7.18. The highest BCUT2D eigenvalue weighted by atomic mass is 16.6. The van der Waals surface area contributed by atoms with E-state index in [0.29, 0.717) is 77.0 Å². The molecule has 2 aliphatic carbocycles. The zero-order valence-electron chi connectivity index (χ0n) is 41.1. The maximum atomic E-state index is 13.2. The summed E-state index contributed by atoms with van der Waals surface area (Å²) in [6.07, 6.45) is 5.17. The Morgan fingerprint density at radius 2 is 0.877 bits per heavy atom. The number of methoxy groups -OCH3 is 2. The molecule has 22 heteroatoms. The van der Waals surface area contributed by atoms with Crippen molar-refractivity contribution in [2.75, 3.05) is 47.2 Å². The molecule has 22 nitrogen and oxygen atoms in total. The second-order valence-electron chi connectivity index (χ2n) is 16.9. The van der Waals surface area contributed by atoms with E-state index >= 15 is 0 Å². The minimum atomic E-state index is -0.968. The summed E-state index contributed by atoms with van der Waals surface area (Å²) in [6, 6.07) is 6.71. The van der Waals surface area contributed by atoms with Gasteiger partial charge in [0.2, 0.25) is 0 Å². The Hall–Kier alpha value is -7.78. The number of amides is 2. The summed E-state index contributed by atoms with van der Waals surface area (Å²) in [5, 5.41) is 4.98. The summed E-state index contributed by atoms with van der Waals surface area (Å²) >= 11 is 0. The lowest BCUT2D eigenvalue weighted by Gasteiger charge is -2.26. The van der Waals surface area contributed by atoms with Gasteiger partial charge in [0.15, 0.2) is 0 Å². The molecule has 0 radical (unpaired) electrons. The molecule has 0 spiro atoms. The molecule has 0 aliphatic heterocycles. The van der Waals surface area contributed by atoms with Gasteiger partial charge in [0, 0.05) is 24.7 Å². The number of hydrogen-bond donors (Lipinski definition) is 2. The van der Waals surface area contributed by atoms with Crippen molar-refractivity contribution in [3.63, 3.8) is 0 Å². The Labute approximate surface area is 421 Å². The van der Waals surface area contributed by atoms with Gasteiger partial charge in [-0.25, -0.2) is 28.8 Å². The van der Waals surface area contributed by atoms with Crippen LogP contribution in [0.15, 0.2) is 61.7 Å². The van der Waals surface area contributed by atoms with Gasteiger partial charge in [-0.1, -0.05) is 13.2 Å². The SMILES string of the molecule is C=CC(=O)OCCCCOC(=O)C1CCC(C(=O)Oc2ccc(OC(=O)NCC(C)NC(=O)Oc3ccc(OC(=O)C4CCC(C(=O)OCCCCOC(=O)C=C)CC4)c(C(=O)OC)c3)cc2C(=O)OC)CC1. The molecule has 2 saturated carbocycles. The lowest BCUT2D eigenvalue weighted by Crippen LogP contribution is -2.43. The molecule has 396 valence electrons. The lowest BCUT2D eigenvalue weighted by atomic mass is 9.82. The first-order valence-corrected chi connectivity index (χ1v) is 23.8. The molecule has 0 saturated heterocycles. The number of rotatable bonds is 25. The average molecular weight is 1020 g/mol. The predicted molar refractivity (Wildman–Crippen MR) is 253 cm³/mol. The fourth-order valence-electron chi connectivity index (χ4n) is 7.60. The van der Waals surface area contributed by atoms with Gasteiger partial charge in [-0.15, -0.1) is 0 Å². The molecule has 0 bridgehead atoms. The van der Waals surface area contributed by atoms with Gasteiger partial charge in [-0.3, -0.25) is 19.2 Å². The highest BCUT2D eigenvalue weighted by molar-refractivity contribution is 5.95. The van der Waals surface area contributed by atoms with E-state index in [0.717, 1.165) is 38.5 Å². The summed E-state index contributed by atoms with van der Waals surface area (Å²) < 4.78 is 52.0. The van der Waals surface area contributed by atoms with Crippen molar-refractivity contribution in [2.45, 2.75) is 90.0 Å². The van der Waals surface area contributed by atoms with E-state index in [9.17, 15) is 47.9 Å². The number of carbonyl (C=O) groups excluding carboxylic acids is 10. The van der Waals surface area contributed by atoms with Crippen LogP contribution in [0, 0.1) is 23.7 Å². The number of unbranched alkanes of at least 4 members (excludes halogenated alkanes) is 2. The van der Waals surface area contributed by atoms with Crippen LogP contribution in [-0.4, -0.2) is 113 Å². The summed E-state index contributed by atoms with van der Waals surface area (Å²) in [7, 11) is 2.24. The second kappa shape index (κ2) is 30.2. The van der Waals surface area contributed by atoms with Gasteiger partial charge < -0.3 is 58.0 Å². The van der Waals surface area contributed by atoms with Crippen LogP contribution in [0.3, 0.4) is 0 Å². The Morgan fingerprint density at radius 1 is 0.521 bits per heavy atom. The van der Waals surface area contributed by atoms with Crippen molar-refractivity contribution in [1.29, 1.82) is 0 Å². The smallest absolute Gasteiger partial charge is 0.412 e. The minimum absolute atomic E-state index is 0.106. The van der Waals surface area contributed by atoms with Crippen LogP contribution in [0.1, 0.15) is 105 Å². The van der Waals surface area contributed by atoms with Crippen molar-refractivity contribution in [3.05, 3.63) is 72.8 Å². The minimum Gasteiger partial charge on any atom is -0.465 e. The van der Waals surface area contributed by atoms with E-state index in [1.54, 1.807) is 6.92 Å². The number of ether oxygens (including phenoxy) is 10. The molecule has 2 fully saturated rings. The van der Waals surface area contributed by atoms with E-state index in [1.807, 2.05) is 0 Å². The average Bonchev–Trinajstić information content (AvgIpc) is 3.39. The fourth-order valence-corrected chi connectivity index (χ4v) is 7.60. The zero-order valence-corrected chi connectivity index (χ0v) is 41.1. The second-order valence-corrected chi connectivity index (χ2v) is 16.9. The van der Waals surface area contributed by atoms with Crippen LogP contribution in [0.25, 0.3) is 0 Å². The molecule has 4 rings (SSSR count). The standard InChI is InChI=1S/C51H62N2O20/c1-6-42(54)66-24-8-10-26-68-44(56)32-12-16-34(17-13-32)46(58)72-40-22-20-36(28-38(40)48(60)64-4)70-50(62)52-30-31(3)53-51(63)71-37-21-23-41(39(29-37)49(61)65-5)73-47(59)35-18-14-33(15-19-35)45(57)69-27-11-9-25-67-43(55)7-2/h6-7,20-23,28-29,31-35H,1-2,8-19,24-27,30H2,3-5H3,(H,52,62)(H,53,63). The maximum Gasteiger partial charge on any atom is 0.412 e. The summed E-state index contributed by atoms with van der Waals surface area (Å²) in [5.41, 5.74) is -0.403. The lowest BCUT2D eigenvalue weighted by molar-refractivity contribution is -0.152. The third-order valence-corrected chi connectivity index (χ3v) is 11.6. The highest BCUT2D eigenvalue weighted by Crippen LogP contribution is 2.34. The molecule has 1 atom stereocenters. The van der Waals surface area contributed by atoms with Gasteiger partial charge in [-0.2, -0.15) is 0 Å². The summed E-state index contributed by atoms with van der Waals surface area (Å²) in [6.45, 7) is 8.73. The number of esters is 8. The molecule has 0 aromatic heterocycles. The number of nitrogens with one attached hydrogen (secondary N) is 2. The number of benzene rings is 2. The number of carbonyl (C=O) groups is 10. The summed E-state index contributed by atoms with van der Waals surface area (Å²) in [4.78, 5) is 125. The van der Waals surface area contributed by atoms with Crippen molar-refractivity contribution < 1.29 is 95.3 Å². The third kappa shape index (κ3) is 19.4. The van der Waals surface area contributed by atoms with E-state index in [4.69, 9.17) is 47.4 Å². The molecule has 2 aromatic rings. The highest BCUT2D eigenvalue weighted by Gasteiger charge is 2.34. The third-order valence-electron chi connectivity index (χ3n) is 11.6. The normalized spacial score (nSPS) is 17.4. The molecule has 73 heavy (non-hydrogen) atoms. The van der Waals surface area contributed by atoms with Gasteiger partial charge in [0.1, 0.15) is 34.1 Å². The van der Waals surface area contributed by atoms with Crippen LogP contribution in [0.5, 0.6) is 23.0 Å². The Kier molecular flexibility index (Phi) is 23.9. The molecule has 0 heterocycles. The predicted octanol–water partition coefficient (Wildman–Crippen LogP) is 6.05. The van der Waals surface area contributed by atoms with Crippen molar-refractivity contribution >= 4 is 59.9 Å². The molecule has 2 aliphatic rings. The largest absolute Gasteiger partial charge is 0.465 e. The Balaban J connectivity index is 1.19. The van der Waals surface area contributed by atoms with E-state index in [2.05, 4.69) is 23.8 Å². The van der Waals surface area contributed by atoms with E-state index < -0.39 is 77.7 Å². The molecular formula is C51H62N2O20. The first kappa shape index (κ1) is 57.8. The van der Waals surface area contributed by atoms with Gasteiger partial charge in [0.05, 0.1) is 64.3 Å². The van der Waals surface area contributed by atoms with Gasteiger partial charge in [0.25, 0.3) is 0 Å². The number of hydrogen-bond acceptors (Lipinski definition) is 20. The zero-order chi connectivity index (χ0) is 53.3. The van der Waals surface area contributed by atoms with Crippen LogP contribution in [0.2, 0.25) is 0 Å². The Morgan fingerprint density at radius 3 is 1.25 bits per heavy atom. The molecule has 2 N–H and O–H groups in total. The first-order valence-electron chi connectivity index (χ1n) is 23.8. The van der Waals surface area contributed by atoms with Crippen LogP contribution in [0.4, 0.5) is 9.59 Å². The topological polar surface area (TPSA) is 287 Å². The van der Waals surface area contributed by atoms with Gasteiger partial charge in [-0.05, 0) is 120 Å². The first-order chi connectivity index (χ1) is 35.0. The van der Waals surface area contributed by atoms with Crippen LogP contribution >= 0.6 is 0 Å².